The molecule has 26 heavy (non-hydrogen) atoms. The third-order valence-corrected chi connectivity index (χ3v) is 5.44. The Morgan fingerprint density at radius 2 is 2.08 bits per heavy atom. The molecule has 134 valence electrons. The van der Waals surface area contributed by atoms with Crippen LogP contribution in [0.15, 0.2) is 54.6 Å². The van der Waals surface area contributed by atoms with Gasteiger partial charge in [-0.1, -0.05) is 37.3 Å². The average molecular weight is 348 g/mol. The van der Waals surface area contributed by atoms with Crippen LogP contribution in [0.25, 0.3) is 0 Å². The van der Waals surface area contributed by atoms with Crippen LogP contribution >= 0.6 is 0 Å². The molecule has 0 saturated carbocycles. The molecule has 0 bridgehead atoms. The van der Waals surface area contributed by atoms with E-state index in [-0.39, 0.29) is 11.9 Å². The second-order valence-corrected chi connectivity index (χ2v) is 6.92. The Morgan fingerprint density at radius 3 is 2.88 bits per heavy atom. The molecule has 0 fully saturated rings. The van der Waals surface area contributed by atoms with Crippen molar-refractivity contribution in [3.05, 3.63) is 65.7 Å². The second-order valence-electron chi connectivity index (χ2n) is 6.92. The lowest BCUT2D eigenvalue weighted by molar-refractivity contribution is -0.115. The fourth-order valence-electron chi connectivity index (χ4n) is 4.15. The third-order valence-electron chi connectivity index (χ3n) is 5.44. The lowest BCUT2D eigenvalue weighted by atomic mass is 9.76. The number of methoxy groups -OCH3 is 1. The van der Waals surface area contributed by atoms with Crippen molar-refractivity contribution in [2.24, 2.45) is 5.92 Å². The predicted octanol–water partition coefficient (Wildman–Crippen LogP) is 4.87. The van der Waals surface area contributed by atoms with Gasteiger partial charge in [0.1, 0.15) is 5.75 Å². The number of carbonyl (C=O) groups excluding carboxylic acids is 1. The number of hydrogen-bond acceptors (Lipinski definition) is 3. The monoisotopic (exact) mass is 348 g/mol. The molecule has 1 aliphatic carbocycles. The fourth-order valence-corrected chi connectivity index (χ4v) is 4.15. The Morgan fingerprint density at radius 1 is 1.23 bits per heavy atom. The van der Waals surface area contributed by atoms with Crippen LogP contribution in [0.3, 0.4) is 0 Å². The number of benzene rings is 2. The molecule has 2 N–H and O–H groups in total. The van der Waals surface area contributed by atoms with E-state index >= 15 is 0 Å². The minimum absolute atomic E-state index is 0.0409. The van der Waals surface area contributed by atoms with Crippen molar-refractivity contribution >= 4 is 17.3 Å². The summed E-state index contributed by atoms with van der Waals surface area (Å²) in [5.41, 5.74) is 4.45. The zero-order chi connectivity index (χ0) is 18.1. The Kier molecular flexibility index (Phi) is 4.41. The van der Waals surface area contributed by atoms with Crippen molar-refractivity contribution in [1.82, 2.24) is 0 Å². The van der Waals surface area contributed by atoms with Crippen LogP contribution in [0.2, 0.25) is 0 Å². The first-order chi connectivity index (χ1) is 12.7. The number of hydrogen-bond donors (Lipinski definition) is 2. The van der Waals surface area contributed by atoms with Crippen LogP contribution in [0.4, 0.5) is 11.4 Å². The Balaban J connectivity index is 1.71. The van der Waals surface area contributed by atoms with E-state index in [0.717, 1.165) is 23.5 Å². The van der Waals surface area contributed by atoms with Gasteiger partial charge in [-0.05, 0) is 42.2 Å². The number of anilines is 2. The smallest absolute Gasteiger partial charge is 0.224 e. The molecule has 2 aliphatic rings. The molecule has 0 aromatic heterocycles. The van der Waals surface area contributed by atoms with E-state index in [2.05, 4.69) is 47.1 Å². The van der Waals surface area contributed by atoms with Crippen LogP contribution < -0.4 is 15.4 Å². The van der Waals surface area contributed by atoms with Crippen LogP contribution in [-0.2, 0) is 4.79 Å². The minimum atomic E-state index is 0.0409. The van der Waals surface area contributed by atoms with Crippen LogP contribution in [0.1, 0.15) is 42.9 Å². The fraction of sp³-hybridized carbons (Fsp3) is 0.318. The molecule has 4 heteroatoms. The summed E-state index contributed by atoms with van der Waals surface area (Å²) in [6.07, 6.45) is 6.09. The van der Waals surface area contributed by atoms with Crippen molar-refractivity contribution in [2.75, 3.05) is 17.7 Å². The van der Waals surface area contributed by atoms with Gasteiger partial charge >= 0.3 is 0 Å². The maximum atomic E-state index is 11.7. The van der Waals surface area contributed by atoms with Gasteiger partial charge in [0.15, 0.2) is 0 Å². The molecule has 3 unspecified atom stereocenters. The van der Waals surface area contributed by atoms with Crippen molar-refractivity contribution in [3.63, 3.8) is 0 Å². The molecular weight excluding hydrogens is 324 g/mol. The summed E-state index contributed by atoms with van der Waals surface area (Å²) in [5, 5.41) is 6.69. The van der Waals surface area contributed by atoms with E-state index in [0.29, 0.717) is 18.3 Å². The topological polar surface area (TPSA) is 50.4 Å². The molecule has 1 heterocycles. The van der Waals surface area contributed by atoms with E-state index in [9.17, 15) is 4.79 Å². The summed E-state index contributed by atoms with van der Waals surface area (Å²) in [4.78, 5) is 11.7. The normalized spacial score (nSPS) is 22.9. The van der Waals surface area contributed by atoms with Gasteiger partial charge in [0.05, 0.1) is 13.2 Å². The third kappa shape index (κ3) is 2.85. The van der Waals surface area contributed by atoms with Crippen molar-refractivity contribution in [3.8, 4) is 5.75 Å². The van der Waals surface area contributed by atoms with Gasteiger partial charge in [-0.25, -0.2) is 0 Å². The van der Waals surface area contributed by atoms with Gasteiger partial charge in [-0.2, -0.15) is 0 Å². The van der Waals surface area contributed by atoms with Gasteiger partial charge in [0.2, 0.25) is 5.91 Å². The molecule has 2 aromatic carbocycles. The van der Waals surface area contributed by atoms with Gasteiger partial charge < -0.3 is 15.4 Å². The van der Waals surface area contributed by atoms with Crippen LogP contribution in [-0.4, -0.2) is 13.0 Å². The SMILES string of the molecule is CCC(=O)Nc1ccc2c(c1)C1C=CCC1C(c1ccccc1OC)N2. The first-order valence-electron chi connectivity index (χ1n) is 9.21. The van der Waals surface area contributed by atoms with E-state index in [1.807, 2.05) is 25.1 Å². The highest BCUT2D eigenvalue weighted by atomic mass is 16.5. The highest BCUT2D eigenvalue weighted by Crippen LogP contribution is 2.51. The molecule has 4 nitrogen and oxygen atoms in total. The molecule has 0 radical (unpaired) electrons. The molecular formula is C22H24N2O2. The largest absolute Gasteiger partial charge is 0.496 e. The number of carbonyl (C=O) groups is 1. The quantitative estimate of drug-likeness (QED) is 0.775. The Hall–Kier alpha value is -2.75. The average Bonchev–Trinajstić information content (AvgIpc) is 3.17. The second kappa shape index (κ2) is 6.87. The molecule has 2 aromatic rings. The summed E-state index contributed by atoms with van der Waals surface area (Å²) >= 11 is 0. The zero-order valence-corrected chi connectivity index (χ0v) is 15.2. The number of allylic oxidation sites excluding steroid dienone is 2. The molecule has 3 atom stereocenters. The van der Waals surface area contributed by atoms with E-state index in [1.54, 1.807) is 7.11 Å². The number of rotatable bonds is 4. The van der Waals surface area contributed by atoms with Crippen LogP contribution in [0.5, 0.6) is 5.75 Å². The molecule has 0 saturated heterocycles. The Bertz CT molecular complexity index is 859. The number of para-hydroxylation sites is 1. The zero-order valence-electron chi connectivity index (χ0n) is 15.2. The molecule has 4 rings (SSSR count). The summed E-state index contributed by atoms with van der Waals surface area (Å²) in [6.45, 7) is 1.86. The first-order valence-corrected chi connectivity index (χ1v) is 9.21. The van der Waals surface area contributed by atoms with E-state index in [4.69, 9.17) is 4.74 Å². The number of fused-ring (bicyclic) bond motifs is 3. The lowest BCUT2D eigenvalue weighted by Crippen LogP contribution is -2.29. The molecule has 0 spiro atoms. The number of amides is 1. The van der Waals surface area contributed by atoms with Crippen molar-refractivity contribution < 1.29 is 9.53 Å². The standard InChI is InChI=1S/C22H24N2O2/c1-3-21(25)23-14-11-12-19-18(13-14)15-8-6-9-16(15)22(24-19)17-7-4-5-10-20(17)26-2/h4-8,10-13,15-16,22,24H,3,9H2,1-2H3,(H,23,25). The lowest BCUT2D eigenvalue weighted by Gasteiger charge is -2.38. The molecule has 1 aliphatic heterocycles. The van der Waals surface area contributed by atoms with Crippen molar-refractivity contribution in [2.45, 2.75) is 31.7 Å². The van der Waals surface area contributed by atoms with E-state index < -0.39 is 0 Å². The highest BCUT2D eigenvalue weighted by Gasteiger charge is 2.38. The summed E-state index contributed by atoms with van der Waals surface area (Å²) < 4.78 is 5.60. The molecule has 1 amide bonds. The maximum absolute atomic E-state index is 11.7. The van der Waals surface area contributed by atoms with E-state index in [1.165, 1.54) is 11.1 Å². The van der Waals surface area contributed by atoms with Gasteiger partial charge in [-0.3, -0.25) is 4.79 Å². The minimum Gasteiger partial charge on any atom is -0.496 e. The van der Waals surface area contributed by atoms with Crippen molar-refractivity contribution in [1.29, 1.82) is 0 Å². The summed E-state index contributed by atoms with van der Waals surface area (Å²) in [7, 11) is 1.72. The first kappa shape index (κ1) is 16.7. The Labute approximate surface area is 154 Å². The highest BCUT2D eigenvalue weighted by molar-refractivity contribution is 5.91. The maximum Gasteiger partial charge on any atom is 0.224 e. The van der Waals surface area contributed by atoms with Gasteiger partial charge in [0, 0.05) is 29.3 Å². The summed E-state index contributed by atoms with van der Waals surface area (Å²) in [6, 6.07) is 14.6. The van der Waals surface area contributed by atoms with Crippen LogP contribution in [0, 0.1) is 5.92 Å². The van der Waals surface area contributed by atoms with Gasteiger partial charge in [-0.15, -0.1) is 0 Å². The number of nitrogens with one attached hydrogen (secondary N) is 2. The predicted molar refractivity (Wildman–Crippen MR) is 105 cm³/mol. The number of ether oxygens (including phenoxy) is 1. The van der Waals surface area contributed by atoms with Gasteiger partial charge in [0.25, 0.3) is 0 Å². The summed E-state index contributed by atoms with van der Waals surface area (Å²) in [5.74, 6) is 1.75.